The molecule has 0 unspecified atom stereocenters. The van der Waals surface area contributed by atoms with Crippen molar-refractivity contribution in [3.05, 3.63) is 79.4 Å². The Morgan fingerprint density at radius 2 is 1.75 bits per heavy atom. The summed E-state index contributed by atoms with van der Waals surface area (Å²) in [6.45, 7) is 7.66. The first-order valence-corrected chi connectivity index (χ1v) is 10.2. The van der Waals surface area contributed by atoms with Crippen molar-refractivity contribution in [2.24, 2.45) is 14.1 Å². The van der Waals surface area contributed by atoms with Crippen molar-refractivity contribution in [1.82, 2.24) is 14.0 Å². The highest BCUT2D eigenvalue weighted by molar-refractivity contribution is 7.15. The van der Waals surface area contributed by atoms with Crippen LogP contribution in [0.25, 0.3) is 10.4 Å². The van der Waals surface area contributed by atoms with Gasteiger partial charge in [0.05, 0.1) is 0 Å². The van der Waals surface area contributed by atoms with Gasteiger partial charge in [-0.2, -0.15) is 0 Å². The van der Waals surface area contributed by atoms with Crippen LogP contribution in [-0.2, 0) is 27.2 Å². The number of aromatic nitrogens is 2. The number of nitrogens with zero attached hydrogens (tertiary/aromatic N) is 3. The lowest BCUT2D eigenvalue weighted by Crippen LogP contribution is -2.41. The predicted octanol–water partition coefficient (Wildman–Crippen LogP) is 3.53. The van der Waals surface area contributed by atoms with E-state index in [9.17, 15) is 9.59 Å². The van der Waals surface area contributed by atoms with Crippen molar-refractivity contribution in [2.75, 3.05) is 0 Å². The third-order valence-electron chi connectivity index (χ3n) is 5.05. The summed E-state index contributed by atoms with van der Waals surface area (Å²) in [5.41, 5.74) is 2.65. The summed E-state index contributed by atoms with van der Waals surface area (Å²) in [5, 5.41) is 0. The van der Waals surface area contributed by atoms with Gasteiger partial charge in [-0.1, -0.05) is 24.3 Å². The van der Waals surface area contributed by atoms with Gasteiger partial charge in [0.25, 0.3) is 5.56 Å². The van der Waals surface area contributed by atoms with Gasteiger partial charge in [0.2, 0.25) is 0 Å². The molecule has 2 aromatic heterocycles. The molecule has 0 saturated carbocycles. The fraction of sp³-hybridized carbons (Fsp3) is 0.364. The van der Waals surface area contributed by atoms with Gasteiger partial charge in [-0.05, 0) is 44.0 Å². The van der Waals surface area contributed by atoms with E-state index in [0.29, 0.717) is 12.1 Å². The Labute approximate surface area is 169 Å². The molecule has 0 N–H and O–H groups in total. The number of benzene rings is 1. The van der Waals surface area contributed by atoms with Gasteiger partial charge in [-0.3, -0.25) is 14.3 Å². The average molecular weight is 398 g/mol. The first-order valence-electron chi connectivity index (χ1n) is 9.42. The zero-order valence-corrected chi connectivity index (χ0v) is 17.9. The van der Waals surface area contributed by atoms with Crippen LogP contribution in [0.5, 0.6) is 0 Å². The van der Waals surface area contributed by atoms with E-state index in [4.69, 9.17) is 0 Å². The van der Waals surface area contributed by atoms with E-state index in [-0.39, 0.29) is 17.3 Å². The smallest absolute Gasteiger partial charge is 0.303 e. The van der Waals surface area contributed by atoms with Crippen LogP contribution < -0.4 is 11.2 Å². The Morgan fingerprint density at radius 1 is 1.04 bits per heavy atom. The number of hydrogen-bond acceptors (Lipinski definition) is 4. The maximum Gasteiger partial charge on any atom is 0.330 e. The van der Waals surface area contributed by atoms with Gasteiger partial charge in [0, 0.05) is 54.7 Å². The van der Waals surface area contributed by atoms with Crippen molar-refractivity contribution in [2.45, 2.75) is 39.9 Å². The standard InChI is InChI=1S/C22H27N3O2S/c1-15(2)25(13-17-12-23(4)22(27)24(5)21(17)26)14-18-10-11-20(28-18)19-9-7-6-8-16(19)3/h6-12,15H,13-14H2,1-5H3. The zero-order valence-electron chi connectivity index (χ0n) is 17.1. The monoisotopic (exact) mass is 397 g/mol. The summed E-state index contributed by atoms with van der Waals surface area (Å²) < 4.78 is 2.64. The summed E-state index contributed by atoms with van der Waals surface area (Å²) in [6.07, 6.45) is 1.66. The van der Waals surface area contributed by atoms with Crippen LogP contribution in [0.4, 0.5) is 0 Å². The Balaban J connectivity index is 1.85. The molecule has 28 heavy (non-hydrogen) atoms. The highest BCUT2D eigenvalue weighted by atomic mass is 32.1. The van der Waals surface area contributed by atoms with E-state index in [1.165, 1.54) is 37.1 Å². The van der Waals surface area contributed by atoms with Crippen LogP contribution in [0.2, 0.25) is 0 Å². The minimum absolute atomic E-state index is 0.222. The van der Waals surface area contributed by atoms with Crippen LogP contribution in [0.1, 0.15) is 29.9 Å². The lowest BCUT2D eigenvalue weighted by Gasteiger charge is -2.26. The van der Waals surface area contributed by atoms with E-state index in [1.807, 2.05) is 0 Å². The van der Waals surface area contributed by atoms with Crippen molar-refractivity contribution in [3.8, 4) is 10.4 Å². The largest absolute Gasteiger partial charge is 0.330 e. The maximum absolute atomic E-state index is 12.5. The third kappa shape index (κ3) is 4.18. The molecule has 0 saturated heterocycles. The summed E-state index contributed by atoms with van der Waals surface area (Å²) in [6, 6.07) is 13.0. The summed E-state index contributed by atoms with van der Waals surface area (Å²) in [4.78, 5) is 29.2. The number of thiophene rings is 1. The van der Waals surface area contributed by atoms with E-state index in [1.54, 1.807) is 24.6 Å². The molecule has 5 nitrogen and oxygen atoms in total. The quantitative estimate of drug-likeness (QED) is 0.639. The molecule has 6 heteroatoms. The second-order valence-corrected chi connectivity index (χ2v) is 8.66. The topological polar surface area (TPSA) is 47.2 Å². The van der Waals surface area contributed by atoms with Gasteiger partial charge < -0.3 is 4.57 Å². The molecule has 3 rings (SSSR count). The van der Waals surface area contributed by atoms with Crippen LogP contribution in [0, 0.1) is 6.92 Å². The average Bonchev–Trinajstić information content (AvgIpc) is 3.12. The molecule has 0 amide bonds. The molecule has 148 valence electrons. The van der Waals surface area contributed by atoms with E-state index in [2.05, 4.69) is 62.1 Å². The van der Waals surface area contributed by atoms with Crippen molar-refractivity contribution in [1.29, 1.82) is 0 Å². The molecule has 0 spiro atoms. The van der Waals surface area contributed by atoms with Crippen LogP contribution in [-0.4, -0.2) is 20.1 Å². The van der Waals surface area contributed by atoms with E-state index >= 15 is 0 Å². The minimum atomic E-state index is -0.300. The van der Waals surface area contributed by atoms with Gasteiger partial charge in [-0.25, -0.2) is 4.79 Å². The minimum Gasteiger partial charge on any atom is -0.303 e. The Kier molecular flexibility index (Phi) is 6.01. The van der Waals surface area contributed by atoms with Gasteiger partial charge >= 0.3 is 5.69 Å². The molecular formula is C22H27N3O2S. The second kappa shape index (κ2) is 8.29. The molecule has 0 aliphatic rings. The second-order valence-electron chi connectivity index (χ2n) is 7.49. The van der Waals surface area contributed by atoms with Crippen LogP contribution >= 0.6 is 11.3 Å². The van der Waals surface area contributed by atoms with Gasteiger partial charge in [-0.15, -0.1) is 11.3 Å². The van der Waals surface area contributed by atoms with Crippen molar-refractivity contribution >= 4 is 11.3 Å². The Bertz CT molecular complexity index is 1090. The normalized spacial score (nSPS) is 11.5. The first kappa shape index (κ1) is 20.3. The Morgan fingerprint density at radius 3 is 2.43 bits per heavy atom. The highest BCUT2D eigenvalue weighted by Crippen LogP contribution is 2.31. The molecule has 0 radical (unpaired) electrons. The highest BCUT2D eigenvalue weighted by Gasteiger charge is 2.16. The third-order valence-corrected chi connectivity index (χ3v) is 6.16. The summed E-state index contributed by atoms with van der Waals surface area (Å²) in [7, 11) is 3.21. The van der Waals surface area contributed by atoms with E-state index < -0.39 is 0 Å². The molecule has 0 fully saturated rings. The summed E-state index contributed by atoms with van der Waals surface area (Å²) in [5.74, 6) is 0. The zero-order chi connectivity index (χ0) is 20.4. The first-order chi connectivity index (χ1) is 13.3. The number of rotatable bonds is 6. The predicted molar refractivity (Wildman–Crippen MR) is 116 cm³/mol. The molecule has 1 aromatic carbocycles. The SMILES string of the molecule is Cc1ccccc1-c1ccc(CN(Cc2cn(C)c(=O)n(C)c2=O)C(C)C)s1. The molecule has 0 aliphatic heterocycles. The molecule has 0 bridgehead atoms. The van der Waals surface area contributed by atoms with Crippen molar-refractivity contribution in [3.63, 3.8) is 0 Å². The Hall–Kier alpha value is -2.44. The van der Waals surface area contributed by atoms with Crippen LogP contribution in [0.3, 0.4) is 0 Å². The molecule has 3 aromatic rings. The number of hydrogen-bond donors (Lipinski definition) is 0. The van der Waals surface area contributed by atoms with Crippen molar-refractivity contribution < 1.29 is 0 Å². The molecular weight excluding hydrogens is 370 g/mol. The number of aryl methyl sites for hydroxylation is 2. The molecule has 0 aliphatic carbocycles. The maximum atomic E-state index is 12.5. The lowest BCUT2D eigenvalue weighted by atomic mass is 10.1. The molecule has 2 heterocycles. The fourth-order valence-electron chi connectivity index (χ4n) is 3.29. The van der Waals surface area contributed by atoms with Crippen LogP contribution in [0.15, 0.2) is 52.2 Å². The lowest BCUT2D eigenvalue weighted by molar-refractivity contribution is 0.203. The fourth-order valence-corrected chi connectivity index (χ4v) is 4.41. The van der Waals surface area contributed by atoms with Gasteiger partial charge in [0.15, 0.2) is 0 Å². The molecule has 0 atom stereocenters. The summed E-state index contributed by atoms with van der Waals surface area (Å²) >= 11 is 1.79. The van der Waals surface area contributed by atoms with Gasteiger partial charge in [0.1, 0.15) is 0 Å². The van der Waals surface area contributed by atoms with E-state index in [0.717, 1.165) is 6.54 Å².